The summed E-state index contributed by atoms with van der Waals surface area (Å²) in [6, 6.07) is 15.1. The molecule has 1 amide bonds. The van der Waals surface area contributed by atoms with Crippen LogP contribution in [0.1, 0.15) is 22.5 Å². The number of hydrogen-bond acceptors (Lipinski definition) is 6. The molecule has 0 aliphatic carbocycles. The maximum absolute atomic E-state index is 13.4. The van der Waals surface area contributed by atoms with E-state index >= 15 is 0 Å². The summed E-state index contributed by atoms with van der Waals surface area (Å²) in [5, 5.41) is 5.35. The maximum Gasteiger partial charge on any atom is 0.282 e. The van der Waals surface area contributed by atoms with Gasteiger partial charge in [0, 0.05) is 23.2 Å². The van der Waals surface area contributed by atoms with Crippen LogP contribution in [0.3, 0.4) is 0 Å². The van der Waals surface area contributed by atoms with E-state index in [1.165, 1.54) is 11.3 Å². The molecule has 4 aromatic rings. The van der Waals surface area contributed by atoms with Gasteiger partial charge in [-0.3, -0.25) is 9.69 Å². The third-order valence-corrected chi connectivity index (χ3v) is 6.44. The number of rotatable bonds is 7. The van der Waals surface area contributed by atoms with Crippen LogP contribution < -0.4 is 4.90 Å². The lowest BCUT2D eigenvalue weighted by Gasteiger charge is -2.19. The van der Waals surface area contributed by atoms with E-state index in [0.717, 1.165) is 34.3 Å². The standard InChI is InChI=1S/C23H23ClN4O2S.ClH/c1-15-17(24)10-11-20-21(15)25-23(31-20)28(13-7-12-27(2)3)22(29)18-14-19(30-26-18)16-8-5-4-6-9-16;/h4-6,8-11,14H,7,12-13H2,1-3H3;1H. The predicted molar refractivity (Wildman–Crippen MR) is 133 cm³/mol. The third-order valence-electron chi connectivity index (χ3n) is 4.99. The first-order valence-corrected chi connectivity index (χ1v) is 11.2. The Bertz CT molecular complexity index is 1210. The zero-order valence-corrected chi connectivity index (χ0v) is 20.4. The Labute approximate surface area is 202 Å². The van der Waals surface area contributed by atoms with Gasteiger partial charge >= 0.3 is 0 Å². The van der Waals surface area contributed by atoms with Crippen LogP contribution in [0.25, 0.3) is 21.5 Å². The molecular weight excluding hydrogens is 467 g/mol. The SMILES string of the molecule is Cc1c(Cl)ccc2sc(N(CCCN(C)C)C(=O)c3cc(-c4ccccc4)on3)nc12.Cl. The smallest absolute Gasteiger partial charge is 0.282 e. The summed E-state index contributed by atoms with van der Waals surface area (Å²) in [7, 11) is 4.03. The predicted octanol–water partition coefficient (Wildman–Crippen LogP) is 5.93. The molecule has 6 nitrogen and oxygen atoms in total. The van der Waals surface area contributed by atoms with Crippen LogP contribution in [0.5, 0.6) is 0 Å². The Kier molecular flexibility index (Phi) is 7.90. The molecule has 2 aromatic carbocycles. The minimum absolute atomic E-state index is 0. The van der Waals surface area contributed by atoms with Gasteiger partial charge < -0.3 is 9.42 Å². The second kappa shape index (κ2) is 10.4. The van der Waals surface area contributed by atoms with Gasteiger partial charge in [-0.05, 0) is 51.7 Å². The fraction of sp³-hybridized carbons (Fsp3) is 0.261. The zero-order valence-electron chi connectivity index (χ0n) is 18.0. The van der Waals surface area contributed by atoms with E-state index in [0.29, 0.717) is 22.5 Å². The first-order chi connectivity index (χ1) is 14.9. The van der Waals surface area contributed by atoms with E-state index in [1.54, 1.807) is 11.0 Å². The van der Waals surface area contributed by atoms with Crippen molar-refractivity contribution in [1.82, 2.24) is 15.0 Å². The molecule has 0 aliphatic rings. The highest BCUT2D eigenvalue weighted by Crippen LogP contribution is 2.34. The van der Waals surface area contributed by atoms with E-state index in [1.807, 2.05) is 63.5 Å². The van der Waals surface area contributed by atoms with Crippen LogP contribution in [0.15, 0.2) is 53.1 Å². The van der Waals surface area contributed by atoms with E-state index in [9.17, 15) is 4.79 Å². The number of amides is 1. The highest BCUT2D eigenvalue weighted by Gasteiger charge is 2.25. The lowest BCUT2D eigenvalue weighted by molar-refractivity contribution is 0.0977. The van der Waals surface area contributed by atoms with Crippen molar-refractivity contribution < 1.29 is 9.32 Å². The van der Waals surface area contributed by atoms with E-state index in [2.05, 4.69) is 10.1 Å². The van der Waals surface area contributed by atoms with Gasteiger partial charge in [-0.15, -0.1) is 12.4 Å². The number of aromatic nitrogens is 2. The lowest BCUT2D eigenvalue weighted by Crippen LogP contribution is -2.33. The van der Waals surface area contributed by atoms with Crippen molar-refractivity contribution in [1.29, 1.82) is 0 Å². The maximum atomic E-state index is 13.4. The van der Waals surface area contributed by atoms with Crippen molar-refractivity contribution in [3.8, 4) is 11.3 Å². The van der Waals surface area contributed by atoms with Gasteiger partial charge in [-0.1, -0.05) is 58.4 Å². The number of fused-ring (bicyclic) bond motifs is 1. The largest absolute Gasteiger partial charge is 0.355 e. The molecule has 0 radical (unpaired) electrons. The van der Waals surface area contributed by atoms with Crippen LogP contribution in [0.4, 0.5) is 5.13 Å². The average molecular weight is 491 g/mol. The van der Waals surface area contributed by atoms with E-state index in [4.69, 9.17) is 21.1 Å². The Morgan fingerprint density at radius 2 is 1.88 bits per heavy atom. The van der Waals surface area contributed by atoms with Gasteiger partial charge in [0.05, 0.1) is 10.2 Å². The molecule has 0 atom stereocenters. The van der Waals surface area contributed by atoms with Gasteiger partial charge in [-0.2, -0.15) is 0 Å². The number of carbonyl (C=O) groups excluding carboxylic acids is 1. The normalized spacial score (nSPS) is 11.0. The first-order valence-electron chi connectivity index (χ1n) is 9.98. The van der Waals surface area contributed by atoms with E-state index in [-0.39, 0.29) is 24.0 Å². The lowest BCUT2D eigenvalue weighted by atomic mass is 10.1. The van der Waals surface area contributed by atoms with Crippen molar-refractivity contribution in [2.75, 3.05) is 32.1 Å². The summed E-state index contributed by atoms with van der Waals surface area (Å²) < 4.78 is 6.45. The highest BCUT2D eigenvalue weighted by atomic mass is 35.5. The second-order valence-corrected chi connectivity index (χ2v) is 8.99. The molecule has 0 fully saturated rings. The number of nitrogens with zero attached hydrogens (tertiary/aromatic N) is 4. The topological polar surface area (TPSA) is 62.5 Å². The Balaban J connectivity index is 0.00000289. The molecule has 2 heterocycles. The number of aryl methyl sites for hydroxylation is 1. The average Bonchev–Trinajstić information content (AvgIpc) is 3.42. The van der Waals surface area contributed by atoms with Crippen molar-refractivity contribution >= 4 is 56.6 Å². The minimum Gasteiger partial charge on any atom is -0.355 e. The Morgan fingerprint density at radius 3 is 2.59 bits per heavy atom. The van der Waals surface area contributed by atoms with Crippen molar-refractivity contribution in [3.63, 3.8) is 0 Å². The summed E-state index contributed by atoms with van der Waals surface area (Å²) in [4.78, 5) is 22.0. The molecule has 0 saturated carbocycles. The summed E-state index contributed by atoms with van der Waals surface area (Å²) in [5.41, 5.74) is 2.87. The number of thiazole rings is 1. The van der Waals surface area contributed by atoms with Crippen LogP contribution in [-0.4, -0.2) is 48.1 Å². The summed E-state index contributed by atoms with van der Waals surface area (Å²) >= 11 is 7.75. The number of carbonyl (C=O) groups is 1. The van der Waals surface area contributed by atoms with Crippen LogP contribution >= 0.6 is 35.3 Å². The number of anilines is 1. The second-order valence-electron chi connectivity index (χ2n) is 7.57. The molecule has 9 heteroatoms. The minimum atomic E-state index is -0.229. The molecule has 0 spiro atoms. The molecule has 168 valence electrons. The molecule has 0 aliphatic heterocycles. The van der Waals surface area contributed by atoms with Crippen LogP contribution in [-0.2, 0) is 0 Å². The molecule has 0 unspecified atom stereocenters. The van der Waals surface area contributed by atoms with Crippen LogP contribution in [0.2, 0.25) is 5.02 Å². The molecule has 4 rings (SSSR count). The summed E-state index contributed by atoms with van der Waals surface area (Å²) in [6.45, 7) is 3.32. The van der Waals surface area contributed by atoms with Gasteiger partial charge in [-0.25, -0.2) is 4.98 Å². The summed E-state index contributed by atoms with van der Waals surface area (Å²) in [6.07, 6.45) is 0.803. The third kappa shape index (κ3) is 5.13. The fourth-order valence-electron chi connectivity index (χ4n) is 3.29. The fourth-order valence-corrected chi connectivity index (χ4v) is 4.49. The molecule has 32 heavy (non-hydrogen) atoms. The Hall–Kier alpha value is -2.45. The quantitative estimate of drug-likeness (QED) is 0.321. The van der Waals surface area contributed by atoms with Gasteiger partial charge in [0.2, 0.25) is 0 Å². The van der Waals surface area contributed by atoms with Gasteiger partial charge in [0.25, 0.3) is 5.91 Å². The zero-order chi connectivity index (χ0) is 22.0. The van der Waals surface area contributed by atoms with Crippen molar-refractivity contribution in [2.45, 2.75) is 13.3 Å². The van der Waals surface area contributed by atoms with Gasteiger partial charge in [0.1, 0.15) is 0 Å². The van der Waals surface area contributed by atoms with E-state index < -0.39 is 0 Å². The number of hydrogen-bond donors (Lipinski definition) is 0. The molecular formula is C23H24Cl2N4O2S. The molecule has 2 aromatic heterocycles. The Morgan fingerprint density at radius 1 is 1.12 bits per heavy atom. The number of halogens is 2. The molecule has 0 saturated heterocycles. The molecule has 0 N–H and O–H groups in total. The van der Waals surface area contributed by atoms with Gasteiger partial charge in [0.15, 0.2) is 16.6 Å². The number of benzene rings is 2. The summed E-state index contributed by atoms with van der Waals surface area (Å²) in [5.74, 6) is 0.330. The highest BCUT2D eigenvalue weighted by molar-refractivity contribution is 7.22. The monoisotopic (exact) mass is 490 g/mol. The first kappa shape index (κ1) is 24.2. The van der Waals surface area contributed by atoms with Crippen molar-refractivity contribution in [3.05, 3.63) is 64.8 Å². The van der Waals surface area contributed by atoms with Crippen molar-refractivity contribution in [2.24, 2.45) is 0 Å². The molecule has 0 bridgehead atoms. The van der Waals surface area contributed by atoms with Crippen LogP contribution in [0, 0.1) is 6.92 Å².